The van der Waals surface area contributed by atoms with E-state index >= 15 is 0 Å². The minimum absolute atomic E-state index is 0.157. The van der Waals surface area contributed by atoms with E-state index in [0.717, 1.165) is 0 Å². The molecule has 4 N–H and O–H groups in total. The van der Waals surface area contributed by atoms with Gasteiger partial charge in [0.15, 0.2) is 11.5 Å². The molecule has 0 radical (unpaired) electrons. The Morgan fingerprint density at radius 1 is 1.05 bits per heavy atom. The molecule has 1 aromatic carbocycles. The summed E-state index contributed by atoms with van der Waals surface area (Å²) in [5.74, 6) is 0.337. The van der Waals surface area contributed by atoms with Crippen LogP contribution in [0.4, 0.5) is 11.4 Å². The summed E-state index contributed by atoms with van der Waals surface area (Å²) in [6.45, 7) is 1.57. The number of rotatable bonds is 6. The van der Waals surface area contributed by atoms with Crippen LogP contribution in [0, 0.1) is 0 Å². The molecular formula is C13H19N3O4. The molecule has 0 fully saturated rings. The van der Waals surface area contributed by atoms with E-state index < -0.39 is 0 Å². The highest BCUT2D eigenvalue weighted by molar-refractivity contribution is 6.00. The van der Waals surface area contributed by atoms with Crippen molar-refractivity contribution in [3.63, 3.8) is 0 Å². The highest BCUT2D eigenvalue weighted by Gasteiger charge is 2.14. The second-order valence-electron chi connectivity index (χ2n) is 3.91. The lowest BCUT2D eigenvalue weighted by molar-refractivity contribution is -0.116. The SMILES string of the molecule is CCC(=O)Nc1cc(OC)c(OC)cc1NC(=O)CN. The zero-order valence-corrected chi connectivity index (χ0v) is 11.8. The Morgan fingerprint density at radius 2 is 1.50 bits per heavy atom. The summed E-state index contributed by atoms with van der Waals surface area (Å²) < 4.78 is 10.3. The third-order valence-corrected chi connectivity index (χ3v) is 2.58. The van der Waals surface area contributed by atoms with Crippen molar-refractivity contribution in [2.45, 2.75) is 13.3 Å². The van der Waals surface area contributed by atoms with Crippen molar-refractivity contribution in [2.75, 3.05) is 31.4 Å². The molecule has 0 saturated heterocycles. The van der Waals surface area contributed by atoms with Crippen LogP contribution >= 0.6 is 0 Å². The fraction of sp³-hybridized carbons (Fsp3) is 0.385. The lowest BCUT2D eigenvalue weighted by Gasteiger charge is -2.16. The highest BCUT2D eigenvalue weighted by atomic mass is 16.5. The van der Waals surface area contributed by atoms with Crippen LogP contribution < -0.4 is 25.8 Å². The number of ether oxygens (including phenoxy) is 2. The predicted molar refractivity (Wildman–Crippen MR) is 76.2 cm³/mol. The van der Waals surface area contributed by atoms with Crippen LogP contribution in [0.3, 0.4) is 0 Å². The maximum absolute atomic E-state index is 11.5. The van der Waals surface area contributed by atoms with Gasteiger partial charge in [0, 0.05) is 18.6 Å². The molecule has 0 aliphatic rings. The molecule has 0 saturated carbocycles. The first-order valence-electron chi connectivity index (χ1n) is 6.11. The van der Waals surface area contributed by atoms with Gasteiger partial charge in [-0.05, 0) is 0 Å². The molecule has 0 atom stereocenters. The molecule has 0 aliphatic carbocycles. The fourth-order valence-corrected chi connectivity index (χ4v) is 1.53. The zero-order valence-electron chi connectivity index (χ0n) is 11.8. The average molecular weight is 281 g/mol. The van der Waals surface area contributed by atoms with E-state index in [9.17, 15) is 9.59 Å². The molecule has 0 aromatic heterocycles. The van der Waals surface area contributed by atoms with Crippen molar-refractivity contribution < 1.29 is 19.1 Å². The van der Waals surface area contributed by atoms with Gasteiger partial charge in [0.05, 0.1) is 32.1 Å². The van der Waals surface area contributed by atoms with Crippen LogP contribution in [0.15, 0.2) is 12.1 Å². The lowest BCUT2D eigenvalue weighted by Crippen LogP contribution is -2.23. The molecule has 0 unspecified atom stereocenters. The number of carbonyl (C=O) groups is 2. The largest absolute Gasteiger partial charge is 0.493 e. The van der Waals surface area contributed by atoms with Gasteiger partial charge in [-0.15, -0.1) is 0 Å². The van der Waals surface area contributed by atoms with Crippen molar-refractivity contribution in [2.24, 2.45) is 5.73 Å². The Bertz CT molecular complexity index is 458. The van der Waals surface area contributed by atoms with Crippen LogP contribution in [0.5, 0.6) is 11.5 Å². The summed E-state index contributed by atoms with van der Waals surface area (Å²) in [5, 5.41) is 5.29. The number of nitrogens with one attached hydrogen (secondary N) is 2. The Morgan fingerprint density at radius 3 is 1.85 bits per heavy atom. The average Bonchev–Trinajstić information content (AvgIpc) is 2.47. The van der Waals surface area contributed by atoms with E-state index in [1.54, 1.807) is 19.1 Å². The molecule has 1 aromatic rings. The monoisotopic (exact) mass is 281 g/mol. The van der Waals surface area contributed by atoms with Gasteiger partial charge in [-0.1, -0.05) is 6.92 Å². The van der Waals surface area contributed by atoms with Gasteiger partial charge >= 0.3 is 0 Å². The van der Waals surface area contributed by atoms with Crippen molar-refractivity contribution in [3.05, 3.63) is 12.1 Å². The number of methoxy groups -OCH3 is 2. The van der Waals surface area contributed by atoms with Gasteiger partial charge < -0.3 is 25.8 Å². The summed E-state index contributed by atoms with van der Waals surface area (Å²) in [5.41, 5.74) is 6.10. The number of carbonyl (C=O) groups excluding carboxylic acids is 2. The van der Waals surface area contributed by atoms with E-state index in [4.69, 9.17) is 15.2 Å². The van der Waals surface area contributed by atoms with Gasteiger partial charge in [-0.2, -0.15) is 0 Å². The number of benzene rings is 1. The molecule has 2 amide bonds. The van der Waals surface area contributed by atoms with Gasteiger partial charge in [0.1, 0.15) is 0 Å². The van der Waals surface area contributed by atoms with Crippen LogP contribution in [-0.2, 0) is 9.59 Å². The molecule has 1 rings (SSSR count). The van der Waals surface area contributed by atoms with E-state index in [1.807, 2.05) is 0 Å². The minimum Gasteiger partial charge on any atom is -0.493 e. The topological polar surface area (TPSA) is 103 Å². The number of amides is 2. The predicted octanol–water partition coefficient (Wildman–Crippen LogP) is 0.949. The number of nitrogens with two attached hydrogens (primary N) is 1. The van der Waals surface area contributed by atoms with Crippen LogP contribution in [0.2, 0.25) is 0 Å². The lowest BCUT2D eigenvalue weighted by atomic mass is 10.2. The number of hydrogen-bond donors (Lipinski definition) is 3. The summed E-state index contributed by atoms with van der Waals surface area (Å²) in [6, 6.07) is 3.15. The maximum Gasteiger partial charge on any atom is 0.238 e. The Balaban J connectivity index is 3.21. The zero-order chi connectivity index (χ0) is 15.1. The van der Waals surface area contributed by atoms with Crippen molar-refractivity contribution in [1.82, 2.24) is 0 Å². The standard InChI is InChI=1S/C13H19N3O4/c1-4-12(17)15-8-5-10(19-2)11(20-3)6-9(8)16-13(18)7-14/h5-6H,4,7,14H2,1-3H3,(H,15,17)(H,16,18). The quantitative estimate of drug-likeness (QED) is 0.720. The molecule has 0 heterocycles. The Hall–Kier alpha value is -2.28. The molecular weight excluding hydrogens is 262 g/mol. The highest BCUT2D eigenvalue weighted by Crippen LogP contribution is 2.36. The smallest absolute Gasteiger partial charge is 0.238 e. The Labute approximate surface area is 117 Å². The summed E-state index contributed by atoms with van der Waals surface area (Å²) in [4.78, 5) is 22.9. The molecule has 7 nitrogen and oxygen atoms in total. The van der Waals surface area contributed by atoms with Gasteiger partial charge in [-0.3, -0.25) is 9.59 Å². The van der Waals surface area contributed by atoms with E-state index in [-0.39, 0.29) is 18.4 Å². The minimum atomic E-state index is -0.371. The normalized spacial score (nSPS) is 9.80. The molecule has 20 heavy (non-hydrogen) atoms. The molecule has 0 aliphatic heterocycles. The van der Waals surface area contributed by atoms with Crippen molar-refractivity contribution in [1.29, 1.82) is 0 Å². The summed E-state index contributed by atoms with van der Waals surface area (Å²) in [7, 11) is 2.97. The van der Waals surface area contributed by atoms with Gasteiger partial charge in [-0.25, -0.2) is 0 Å². The van der Waals surface area contributed by atoms with Crippen LogP contribution in [0.25, 0.3) is 0 Å². The molecule has 0 spiro atoms. The van der Waals surface area contributed by atoms with Crippen LogP contribution in [0.1, 0.15) is 13.3 Å². The van der Waals surface area contributed by atoms with Gasteiger partial charge in [0.2, 0.25) is 11.8 Å². The van der Waals surface area contributed by atoms with Gasteiger partial charge in [0.25, 0.3) is 0 Å². The fourth-order valence-electron chi connectivity index (χ4n) is 1.53. The Kier molecular flexibility index (Phi) is 5.79. The molecule has 7 heteroatoms. The van der Waals surface area contributed by atoms with Crippen molar-refractivity contribution >= 4 is 23.2 Å². The first kappa shape index (κ1) is 15.8. The molecule has 110 valence electrons. The second kappa shape index (κ2) is 7.34. The third kappa shape index (κ3) is 3.86. The third-order valence-electron chi connectivity index (χ3n) is 2.58. The summed E-state index contributed by atoms with van der Waals surface area (Å²) in [6.07, 6.45) is 0.318. The number of anilines is 2. The van der Waals surface area contributed by atoms with Crippen molar-refractivity contribution in [3.8, 4) is 11.5 Å². The number of hydrogen-bond acceptors (Lipinski definition) is 5. The van der Waals surface area contributed by atoms with E-state index in [1.165, 1.54) is 14.2 Å². The van der Waals surface area contributed by atoms with E-state index in [2.05, 4.69) is 10.6 Å². The first-order chi connectivity index (χ1) is 9.55. The molecule has 0 bridgehead atoms. The first-order valence-corrected chi connectivity index (χ1v) is 6.11. The maximum atomic E-state index is 11.5. The van der Waals surface area contributed by atoms with Crippen LogP contribution in [-0.4, -0.2) is 32.6 Å². The second-order valence-corrected chi connectivity index (χ2v) is 3.91. The summed E-state index contributed by atoms with van der Waals surface area (Å²) >= 11 is 0. The van der Waals surface area contributed by atoms with E-state index in [0.29, 0.717) is 29.3 Å².